The summed E-state index contributed by atoms with van der Waals surface area (Å²) in [5.74, 6) is 2.64. The number of rotatable bonds is 6. The summed E-state index contributed by atoms with van der Waals surface area (Å²) in [7, 11) is 6.48. The lowest BCUT2D eigenvalue weighted by Crippen LogP contribution is -2.50. The van der Waals surface area contributed by atoms with Crippen LogP contribution in [-0.4, -0.2) is 59.0 Å². The first kappa shape index (κ1) is 23.0. The molecule has 1 spiro atoms. The van der Waals surface area contributed by atoms with E-state index >= 15 is 0 Å². The van der Waals surface area contributed by atoms with Crippen molar-refractivity contribution < 1.29 is 28.5 Å². The van der Waals surface area contributed by atoms with Crippen molar-refractivity contribution in [2.75, 3.05) is 48.2 Å². The van der Waals surface area contributed by atoms with E-state index < -0.39 is 0 Å². The molecule has 33 heavy (non-hydrogen) atoms. The molecule has 2 aromatic rings. The van der Waals surface area contributed by atoms with E-state index in [9.17, 15) is 4.79 Å². The second kappa shape index (κ2) is 9.75. The molecular weight excluding hydrogens is 422 g/mol. The average molecular weight is 454 g/mol. The number of methoxy groups -OCH3 is 4. The first-order valence-electron chi connectivity index (χ1n) is 11.1. The van der Waals surface area contributed by atoms with Gasteiger partial charge < -0.3 is 28.6 Å². The molecule has 0 saturated carbocycles. The Bertz CT molecular complexity index is 1040. The van der Waals surface area contributed by atoms with Gasteiger partial charge in [0.1, 0.15) is 0 Å². The third-order valence-electron chi connectivity index (χ3n) is 6.62. The van der Waals surface area contributed by atoms with E-state index in [1.807, 2.05) is 35.2 Å². The summed E-state index contributed by atoms with van der Waals surface area (Å²) in [6.07, 6.45) is 5.16. The van der Waals surface area contributed by atoms with Gasteiger partial charge >= 0.3 is 0 Å². The van der Waals surface area contributed by atoms with Crippen molar-refractivity contribution in [2.45, 2.75) is 24.8 Å². The normalized spacial score (nSPS) is 17.0. The minimum atomic E-state index is -0.155. The molecule has 0 aliphatic carbocycles. The van der Waals surface area contributed by atoms with E-state index in [-0.39, 0.29) is 11.3 Å². The van der Waals surface area contributed by atoms with Gasteiger partial charge in [-0.3, -0.25) is 4.79 Å². The first-order chi connectivity index (χ1) is 16.0. The van der Waals surface area contributed by atoms with Crippen molar-refractivity contribution in [3.05, 3.63) is 53.1 Å². The lowest BCUT2D eigenvalue weighted by molar-refractivity contribution is -0.128. The molecule has 2 aliphatic heterocycles. The highest BCUT2D eigenvalue weighted by Crippen LogP contribution is 2.45. The van der Waals surface area contributed by atoms with E-state index in [1.165, 1.54) is 5.56 Å². The monoisotopic (exact) mass is 453 g/mol. The van der Waals surface area contributed by atoms with Gasteiger partial charge in [0.2, 0.25) is 5.91 Å². The predicted octanol–water partition coefficient (Wildman–Crippen LogP) is 3.82. The summed E-state index contributed by atoms with van der Waals surface area (Å²) in [4.78, 5) is 15.2. The first-order valence-corrected chi connectivity index (χ1v) is 11.1. The summed E-state index contributed by atoms with van der Waals surface area (Å²) in [5.41, 5.74) is 3.04. The minimum Gasteiger partial charge on any atom is -0.493 e. The van der Waals surface area contributed by atoms with E-state index in [0.29, 0.717) is 43.6 Å². The number of amides is 1. The number of carbonyl (C=O) groups is 1. The fourth-order valence-electron chi connectivity index (χ4n) is 4.83. The summed E-state index contributed by atoms with van der Waals surface area (Å²) in [6, 6.07) is 9.67. The van der Waals surface area contributed by atoms with Crippen molar-refractivity contribution in [3.8, 4) is 23.0 Å². The van der Waals surface area contributed by atoms with Gasteiger partial charge in [-0.1, -0.05) is 6.07 Å². The molecule has 0 atom stereocenters. The van der Waals surface area contributed by atoms with Crippen LogP contribution in [0, 0.1) is 0 Å². The molecule has 0 radical (unpaired) electrons. The quantitative estimate of drug-likeness (QED) is 0.620. The van der Waals surface area contributed by atoms with Crippen molar-refractivity contribution in [2.24, 2.45) is 0 Å². The van der Waals surface area contributed by atoms with Crippen molar-refractivity contribution in [1.82, 2.24) is 4.90 Å². The van der Waals surface area contributed by atoms with E-state index in [0.717, 1.165) is 29.7 Å². The van der Waals surface area contributed by atoms with E-state index in [4.69, 9.17) is 23.7 Å². The number of hydrogen-bond acceptors (Lipinski definition) is 6. The zero-order valence-corrected chi connectivity index (χ0v) is 19.7. The number of fused-ring (bicyclic) bond motifs is 2. The highest BCUT2D eigenvalue weighted by molar-refractivity contribution is 5.92. The summed E-state index contributed by atoms with van der Waals surface area (Å²) < 4.78 is 27.4. The maximum atomic E-state index is 13.3. The van der Waals surface area contributed by atoms with Crippen molar-refractivity contribution >= 4 is 12.0 Å². The lowest BCUT2D eigenvalue weighted by Gasteiger charge is -2.46. The Morgan fingerprint density at radius 3 is 2.21 bits per heavy atom. The van der Waals surface area contributed by atoms with Crippen molar-refractivity contribution in [1.29, 1.82) is 0 Å². The minimum absolute atomic E-state index is 0.0314. The number of hydrogen-bond donors (Lipinski definition) is 0. The van der Waals surface area contributed by atoms with Crippen LogP contribution in [0.1, 0.15) is 29.5 Å². The molecule has 176 valence electrons. The van der Waals surface area contributed by atoms with Gasteiger partial charge in [-0.25, -0.2) is 0 Å². The molecule has 1 amide bonds. The Morgan fingerprint density at radius 2 is 1.55 bits per heavy atom. The lowest BCUT2D eigenvalue weighted by atomic mass is 9.69. The summed E-state index contributed by atoms with van der Waals surface area (Å²) in [5, 5.41) is 0. The van der Waals surface area contributed by atoms with Crippen LogP contribution < -0.4 is 18.9 Å². The molecule has 2 heterocycles. The molecule has 0 aromatic heterocycles. The standard InChI is InChI=1S/C26H31NO6/c1-29-21-7-5-18(13-22(21)30-2)6-8-25(28)27-16-19-14-23(31-3)24(32-4)15-20(19)26(17-27)9-11-33-12-10-26/h5-8,13-15H,9-12,16-17H2,1-4H3. The Hall–Kier alpha value is -3.19. The van der Waals surface area contributed by atoms with Crippen LogP contribution in [-0.2, 0) is 21.5 Å². The largest absolute Gasteiger partial charge is 0.493 e. The van der Waals surface area contributed by atoms with Crippen LogP contribution in [0.25, 0.3) is 6.08 Å². The number of ether oxygens (including phenoxy) is 5. The van der Waals surface area contributed by atoms with Gasteiger partial charge in [-0.05, 0) is 59.9 Å². The van der Waals surface area contributed by atoms with Crippen LogP contribution in [0.3, 0.4) is 0 Å². The van der Waals surface area contributed by atoms with Crippen LogP contribution in [0.2, 0.25) is 0 Å². The topological polar surface area (TPSA) is 66.5 Å². The average Bonchev–Trinajstić information content (AvgIpc) is 2.86. The molecule has 4 rings (SSSR count). The molecule has 0 N–H and O–H groups in total. The highest BCUT2D eigenvalue weighted by atomic mass is 16.5. The van der Waals surface area contributed by atoms with Crippen LogP contribution in [0.4, 0.5) is 0 Å². The Balaban J connectivity index is 1.63. The smallest absolute Gasteiger partial charge is 0.246 e. The number of benzene rings is 2. The van der Waals surface area contributed by atoms with Crippen LogP contribution >= 0.6 is 0 Å². The van der Waals surface area contributed by atoms with Gasteiger partial charge in [0.05, 0.1) is 28.4 Å². The number of nitrogens with zero attached hydrogens (tertiary/aromatic N) is 1. The summed E-state index contributed by atoms with van der Waals surface area (Å²) >= 11 is 0. The second-order valence-electron chi connectivity index (χ2n) is 8.40. The predicted molar refractivity (Wildman–Crippen MR) is 125 cm³/mol. The molecule has 7 nitrogen and oxygen atoms in total. The molecule has 2 aromatic carbocycles. The Labute approximate surface area is 194 Å². The van der Waals surface area contributed by atoms with Gasteiger partial charge in [-0.2, -0.15) is 0 Å². The Morgan fingerprint density at radius 1 is 0.909 bits per heavy atom. The van der Waals surface area contributed by atoms with Crippen LogP contribution in [0.15, 0.2) is 36.4 Å². The van der Waals surface area contributed by atoms with Gasteiger partial charge in [0.15, 0.2) is 23.0 Å². The van der Waals surface area contributed by atoms with Gasteiger partial charge in [0.25, 0.3) is 0 Å². The van der Waals surface area contributed by atoms with Gasteiger partial charge in [0, 0.05) is 37.8 Å². The molecule has 1 saturated heterocycles. The fraction of sp³-hybridized carbons (Fsp3) is 0.423. The van der Waals surface area contributed by atoms with E-state index in [2.05, 4.69) is 6.07 Å². The molecule has 7 heteroatoms. The highest BCUT2D eigenvalue weighted by Gasteiger charge is 2.42. The SMILES string of the molecule is COc1ccc(C=CC(=O)N2Cc3cc(OC)c(OC)cc3C3(CCOCC3)C2)cc1OC. The third kappa shape index (κ3) is 4.50. The maximum Gasteiger partial charge on any atom is 0.246 e. The molecule has 0 bridgehead atoms. The summed E-state index contributed by atoms with van der Waals surface area (Å²) in [6.45, 7) is 2.52. The maximum absolute atomic E-state index is 13.3. The fourth-order valence-corrected chi connectivity index (χ4v) is 4.83. The zero-order chi connectivity index (χ0) is 23.4. The molecule has 0 unspecified atom stereocenters. The van der Waals surface area contributed by atoms with E-state index in [1.54, 1.807) is 34.5 Å². The third-order valence-corrected chi connectivity index (χ3v) is 6.62. The zero-order valence-electron chi connectivity index (χ0n) is 19.7. The van der Waals surface area contributed by atoms with Crippen molar-refractivity contribution in [3.63, 3.8) is 0 Å². The van der Waals surface area contributed by atoms with Crippen LogP contribution in [0.5, 0.6) is 23.0 Å². The molecular formula is C26H31NO6. The molecule has 1 fully saturated rings. The molecule has 2 aliphatic rings. The van der Waals surface area contributed by atoms with Gasteiger partial charge in [-0.15, -0.1) is 0 Å². The Kier molecular flexibility index (Phi) is 6.79. The second-order valence-corrected chi connectivity index (χ2v) is 8.40. The number of carbonyl (C=O) groups excluding carboxylic acids is 1.